The van der Waals surface area contributed by atoms with Crippen molar-refractivity contribution in [1.82, 2.24) is 0 Å². The Labute approximate surface area is 89.5 Å². The summed E-state index contributed by atoms with van der Waals surface area (Å²) in [6.07, 6.45) is 3.79. The Hall–Kier alpha value is -0.300. The molecule has 1 aromatic carbocycles. The Morgan fingerprint density at radius 2 is 2.00 bits per heavy atom. The third-order valence-corrected chi connectivity index (χ3v) is 3.08. The van der Waals surface area contributed by atoms with Gasteiger partial charge in [0.1, 0.15) is 0 Å². The molecule has 13 heavy (non-hydrogen) atoms. The van der Waals surface area contributed by atoms with Gasteiger partial charge < -0.3 is 0 Å². The van der Waals surface area contributed by atoms with Crippen molar-refractivity contribution in [3.05, 3.63) is 34.3 Å². The molecule has 1 aromatic rings. The summed E-state index contributed by atoms with van der Waals surface area (Å²) in [6.45, 7) is 4.57. The lowest BCUT2D eigenvalue weighted by Gasteiger charge is -2.10. The van der Waals surface area contributed by atoms with Crippen LogP contribution in [0.2, 0.25) is 0 Å². The Kier molecular flexibility index (Phi) is 4.51. The maximum absolute atomic E-state index is 3.58. The van der Waals surface area contributed by atoms with Gasteiger partial charge in [0.15, 0.2) is 0 Å². The summed E-state index contributed by atoms with van der Waals surface area (Å²) in [5, 5.41) is 0. The second-order valence-electron chi connectivity index (χ2n) is 3.69. The topological polar surface area (TPSA) is 0 Å². The predicted molar refractivity (Wildman–Crippen MR) is 61.9 cm³/mol. The van der Waals surface area contributed by atoms with Gasteiger partial charge in [-0.2, -0.15) is 0 Å². The molecule has 0 fully saturated rings. The molecule has 0 heterocycles. The van der Waals surface area contributed by atoms with E-state index in [0.717, 1.165) is 5.92 Å². The standard InChI is InChI=1S/C12H17Br/c1-3-6-10(2)9-11-7-4-5-8-12(11)13/h4-5,7-8,10H,3,6,9H2,1-2H3. The normalized spacial score (nSPS) is 12.8. The van der Waals surface area contributed by atoms with Crippen LogP contribution in [0, 0.1) is 5.92 Å². The van der Waals surface area contributed by atoms with E-state index in [9.17, 15) is 0 Å². The summed E-state index contributed by atoms with van der Waals surface area (Å²) in [4.78, 5) is 0. The van der Waals surface area contributed by atoms with Gasteiger partial charge in [-0.25, -0.2) is 0 Å². The summed E-state index contributed by atoms with van der Waals surface area (Å²) in [7, 11) is 0. The molecule has 0 aliphatic carbocycles. The molecule has 0 saturated carbocycles. The predicted octanol–water partition coefficient (Wildman–Crippen LogP) is 4.43. The number of benzene rings is 1. The largest absolute Gasteiger partial charge is 0.0654 e. The van der Waals surface area contributed by atoms with Crippen molar-refractivity contribution >= 4 is 15.9 Å². The van der Waals surface area contributed by atoms with Crippen molar-refractivity contribution < 1.29 is 0 Å². The lowest BCUT2D eigenvalue weighted by molar-refractivity contribution is 0.522. The molecule has 0 nitrogen and oxygen atoms in total. The van der Waals surface area contributed by atoms with Crippen molar-refractivity contribution in [3.8, 4) is 0 Å². The number of hydrogen-bond acceptors (Lipinski definition) is 0. The highest BCUT2D eigenvalue weighted by Gasteiger charge is 2.04. The van der Waals surface area contributed by atoms with Gasteiger partial charge in [0.25, 0.3) is 0 Å². The molecule has 0 N–H and O–H groups in total. The monoisotopic (exact) mass is 240 g/mol. The molecular weight excluding hydrogens is 224 g/mol. The molecule has 0 aliphatic rings. The molecule has 1 heteroatoms. The fourth-order valence-corrected chi connectivity index (χ4v) is 2.08. The van der Waals surface area contributed by atoms with E-state index in [1.807, 2.05) is 0 Å². The first-order chi connectivity index (χ1) is 6.24. The average molecular weight is 241 g/mol. The van der Waals surface area contributed by atoms with Crippen LogP contribution in [0.4, 0.5) is 0 Å². The van der Waals surface area contributed by atoms with Gasteiger partial charge in [-0.1, -0.05) is 60.8 Å². The first-order valence-electron chi connectivity index (χ1n) is 4.97. The van der Waals surface area contributed by atoms with Crippen LogP contribution in [0.25, 0.3) is 0 Å². The molecule has 0 aromatic heterocycles. The van der Waals surface area contributed by atoms with Gasteiger partial charge in [0.2, 0.25) is 0 Å². The van der Waals surface area contributed by atoms with E-state index in [-0.39, 0.29) is 0 Å². The zero-order valence-electron chi connectivity index (χ0n) is 8.39. The third-order valence-electron chi connectivity index (χ3n) is 2.31. The average Bonchev–Trinajstić information content (AvgIpc) is 2.09. The van der Waals surface area contributed by atoms with Crippen LogP contribution in [0.5, 0.6) is 0 Å². The minimum absolute atomic E-state index is 0.795. The van der Waals surface area contributed by atoms with Gasteiger partial charge in [-0.05, 0) is 24.0 Å². The lowest BCUT2D eigenvalue weighted by atomic mass is 9.97. The Morgan fingerprint density at radius 1 is 1.31 bits per heavy atom. The van der Waals surface area contributed by atoms with Crippen LogP contribution in [0.3, 0.4) is 0 Å². The number of halogens is 1. The highest BCUT2D eigenvalue weighted by Crippen LogP contribution is 2.21. The zero-order chi connectivity index (χ0) is 9.68. The van der Waals surface area contributed by atoms with Crippen molar-refractivity contribution in [3.63, 3.8) is 0 Å². The smallest absolute Gasteiger partial charge is 0.0207 e. The maximum atomic E-state index is 3.58. The fourth-order valence-electron chi connectivity index (χ4n) is 1.63. The second-order valence-corrected chi connectivity index (χ2v) is 4.54. The van der Waals surface area contributed by atoms with Crippen molar-refractivity contribution in [2.24, 2.45) is 5.92 Å². The third kappa shape index (κ3) is 3.51. The summed E-state index contributed by atoms with van der Waals surface area (Å²) in [6, 6.07) is 8.50. The Balaban J connectivity index is 2.58. The van der Waals surface area contributed by atoms with Crippen LogP contribution in [-0.2, 0) is 6.42 Å². The summed E-state index contributed by atoms with van der Waals surface area (Å²) >= 11 is 3.58. The van der Waals surface area contributed by atoms with E-state index in [2.05, 4.69) is 54.0 Å². The summed E-state index contributed by atoms with van der Waals surface area (Å²) in [5.41, 5.74) is 1.43. The van der Waals surface area contributed by atoms with Crippen LogP contribution in [0.1, 0.15) is 32.3 Å². The van der Waals surface area contributed by atoms with E-state index < -0.39 is 0 Å². The molecule has 0 aliphatic heterocycles. The molecule has 1 unspecified atom stereocenters. The maximum Gasteiger partial charge on any atom is 0.0207 e. The molecule has 0 amide bonds. The molecule has 72 valence electrons. The van der Waals surface area contributed by atoms with Gasteiger partial charge in [-0.3, -0.25) is 0 Å². The quantitative estimate of drug-likeness (QED) is 0.731. The summed E-state index contributed by atoms with van der Waals surface area (Å²) in [5.74, 6) is 0.795. The first-order valence-corrected chi connectivity index (χ1v) is 5.76. The number of hydrogen-bond donors (Lipinski definition) is 0. The van der Waals surface area contributed by atoms with Crippen LogP contribution in [-0.4, -0.2) is 0 Å². The molecule has 0 radical (unpaired) electrons. The second kappa shape index (κ2) is 5.43. The van der Waals surface area contributed by atoms with E-state index in [1.165, 1.54) is 29.3 Å². The minimum Gasteiger partial charge on any atom is -0.0654 e. The van der Waals surface area contributed by atoms with Gasteiger partial charge in [0, 0.05) is 4.47 Å². The van der Waals surface area contributed by atoms with E-state index in [0.29, 0.717) is 0 Å². The molecule has 1 rings (SSSR count). The highest BCUT2D eigenvalue weighted by atomic mass is 79.9. The Morgan fingerprint density at radius 3 is 2.62 bits per heavy atom. The first kappa shape index (κ1) is 10.8. The lowest BCUT2D eigenvalue weighted by Crippen LogP contribution is -1.99. The molecule has 0 saturated heterocycles. The van der Waals surface area contributed by atoms with Crippen LogP contribution < -0.4 is 0 Å². The Bertz CT molecular complexity index is 255. The van der Waals surface area contributed by atoms with Gasteiger partial charge in [-0.15, -0.1) is 0 Å². The molecular formula is C12H17Br. The van der Waals surface area contributed by atoms with Crippen LogP contribution >= 0.6 is 15.9 Å². The molecule has 0 spiro atoms. The van der Waals surface area contributed by atoms with E-state index >= 15 is 0 Å². The highest BCUT2D eigenvalue weighted by molar-refractivity contribution is 9.10. The fraction of sp³-hybridized carbons (Fsp3) is 0.500. The molecule has 0 bridgehead atoms. The zero-order valence-corrected chi connectivity index (χ0v) is 9.97. The van der Waals surface area contributed by atoms with Crippen molar-refractivity contribution in [2.45, 2.75) is 33.1 Å². The number of rotatable bonds is 4. The summed E-state index contributed by atoms with van der Waals surface area (Å²) < 4.78 is 1.25. The van der Waals surface area contributed by atoms with Crippen LogP contribution in [0.15, 0.2) is 28.7 Å². The minimum atomic E-state index is 0.795. The van der Waals surface area contributed by atoms with E-state index in [4.69, 9.17) is 0 Å². The molecule has 1 atom stereocenters. The van der Waals surface area contributed by atoms with Crippen molar-refractivity contribution in [2.75, 3.05) is 0 Å². The van der Waals surface area contributed by atoms with Crippen molar-refractivity contribution in [1.29, 1.82) is 0 Å². The van der Waals surface area contributed by atoms with E-state index in [1.54, 1.807) is 0 Å². The van der Waals surface area contributed by atoms with Gasteiger partial charge in [0.05, 0.1) is 0 Å². The van der Waals surface area contributed by atoms with Gasteiger partial charge >= 0.3 is 0 Å². The SMILES string of the molecule is CCCC(C)Cc1ccccc1Br.